The lowest BCUT2D eigenvalue weighted by Gasteiger charge is -2.31. The first-order valence-electron chi connectivity index (χ1n) is 6.39. The van der Waals surface area contributed by atoms with Crippen LogP contribution in [0.5, 0.6) is 5.75 Å². The zero-order valence-electron chi connectivity index (χ0n) is 11.9. The third-order valence-corrected chi connectivity index (χ3v) is 6.30. The van der Waals surface area contributed by atoms with Gasteiger partial charge in [0, 0.05) is 30.7 Å². The lowest BCUT2D eigenvalue weighted by atomic mass is 10.2. The van der Waals surface area contributed by atoms with Crippen LogP contribution in [0.15, 0.2) is 21.5 Å². The number of hydrogen-bond donors (Lipinski definition) is 0. The standard InChI is InChI=1S/C13H19BrN2O3S/c1-10-8-12(19-3)13(9-11(10)14)20(17,18)16-6-4-15(2)5-7-16/h8-9H,4-7H2,1-3H3. The van der Waals surface area contributed by atoms with Crippen LogP contribution in [-0.4, -0.2) is 58.0 Å². The van der Waals surface area contributed by atoms with Crippen molar-refractivity contribution in [2.45, 2.75) is 11.8 Å². The summed E-state index contributed by atoms with van der Waals surface area (Å²) in [6.45, 7) is 4.41. The van der Waals surface area contributed by atoms with Crippen molar-refractivity contribution in [3.8, 4) is 5.75 Å². The van der Waals surface area contributed by atoms with Crippen molar-refractivity contribution >= 4 is 26.0 Å². The van der Waals surface area contributed by atoms with Crippen LogP contribution in [0.3, 0.4) is 0 Å². The SMILES string of the molecule is COc1cc(C)c(Br)cc1S(=O)(=O)N1CCN(C)CC1. The highest BCUT2D eigenvalue weighted by Crippen LogP contribution is 2.32. The van der Waals surface area contributed by atoms with Crippen LogP contribution >= 0.6 is 15.9 Å². The zero-order chi connectivity index (χ0) is 14.9. The van der Waals surface area contributed by atoms with E-state index in [-0.39, 0.29) is 4.90 Å². The summed E-state index contributed by atoms with van der Waals surface area (Å²) in [5, 5.41) is 0. The molecule has 112 valence electrons. The van der Waals surface area contributed by atoms with Crippen molar-refractivity contribution in [3.63, 3.8) is 0 Å². The molecule has 7 heteroatoms. The van der Waals surface area contributed by atoms with Gasteiger partial charge >= 0.3 is 0 Å². The molecule has 1 aromatic rings. The molecule has 20 heavy (non-hydrogen) atoms. The van der Waals surface area contributed by atoms with Crippen LogP contribution in [0.25, 0.3) is 0 Å². The quantitative estimate of drug-likeness (QED) is 0.820. The van der Waals surface area contributed by atoms with Crippen LogP contribution in [0, 0.1) is 6.92 Å². The molecule has 0 aliphatic carbocycles. The van der Waals surface area contributed by atoms with E-state index in [1.165, 1.54) is 11.4 Å². The number of halogens is 1. The summed E-state index contributed by atoms with van der Waals surface area (Å²) in [5.74, 6) is 0.393. The van der Waals surface area contributed by atoms with Gasteiger partial charge in [-0.2, -0.15) is 4.31 Å². The van der Waals surface area contributed by atoms with Gasteiger partial charge in [0.15, 0.2) is 0 Å². The molecule has 0 spiro atoms. The van der Waals surface area contributed by atoms with E-state index in [2.05, 4.69) is 20.8 Å². The van der Waals surface area contributed by atoms with Crippen LogP contribution < -0.4 is 4.74 Å². The van der Waals surface area contributed by atoms with E-state index in [0.29, 0.717) is 18.8 Å². The first kappa shape index (κ1) is 15.8. The van der Waals surface area contributed by atoms with E-state index < -0.39 is 10.0 Å². The molecule has 1 saturated heterocycles. The summed E-state index contributed by atoms with van der Waals surface area (Å²) in [6.07, 6.45) is 0. The predicted molar refractivity (Wildman–Crippen MR) is 81.7 cm³/mol. The Morgan fingerprint density at radius 1 is 1.20 bits per heavy atom. The highest BCUT2D eigenvalue weighted by atomic mass is 79.9. The number of sulfonamides is 1. The summed E-state index contributed by atoms with van der Waals surface area (Å²) < 4.78 is 33.0. The number of rotatable bonds is 3. The fourth-order valence-electron chi connectivity index (χ4n) is 2.17. The van der Waals surface area contributed by atoms with Gasteiger partial charge in [0.25, 0.3) is 0 Å². The Morgan fingerprint density at radius 2 is 1.80 bits per heavy atom. The maximum atomic E-state index is 12.7. The fraction of sp³-hybridized carbons (Fsp3) is 0.538. The second kappa shape index (κ2) is 6.01. The fourth-order valence-corrected chi connectivity index (χ4v) is 4.25. The molecule has 0 aromatic heterocycles. The predicted octanol–water partition coefficient (Wildman–Crippen LogP) is 1.70. The Hall–Kier alpha value is -0.630. The molecule has 1 aliphatic rings. The molecule has 2 rings (SSSR count). The first-order chi connectivity index (χ1) is 9.36. The van der Waals surface area contributed by atoms with Gasteiger partial charge in [-0.1, -0.05) is 15.9 Å². The molecule has 1 fully saturated rings. The highest BCUT2D eigenvalue weighted by Gasteiger charge is 2.30. The molecule has 0 bridgehead atoms. The second-order valence-corrected chi connectivity index (χ2v) is 7.72. The smallest absolute Gasteiger partial charge is 0.246 e. The molecule has 0 N–H and O–H groups in total. The van der Waals surface area contributed by atoms with Crippen LogP contribution in [-0.2, 0) is 10.0 Å². The summed E-state index contributed by atoms with van der Waals surface area (Å²) in [5.41, 5.74) is 0.944. The largest absolute Gasteiger partial charge is 0.495 e. The molecular formula is C13H19BrN2O3S. The Balaban J connectivity index is 2.41. The van der Waals surface area contributed by atoms with Crippen LogP contribution in [0.1, 0.15) is 5.56 Å². The summed E-state index contributed by atoms with van der Waals surface area (Å²) in [6, 6.07) is 3.37. The number of piperazine rings is 1. The first-order valence-corrected chi connectivity index (χ1v) is 8.62. The Bertz CT molecular complexity index is 596. The van der Waals surface area contributed by atoms with Crippen molar-refractivity contribution in [2.24, 2.45) is 0 Å². The van der Waals surface area contributed by atoms with Crippen LogP contribution in [0.4, 0.5) is 0 Å². The molecule has 0 amide bonds. The summed E-state index contributed by atoms with van der Waals surface area (Å²) in [7, 11) is -0.0310. The maximum absolute atomic E-state index is 12.7. The van der Waals surface area contributed by atoms with Crippen molar-refractivity contribution in [2.75, 3.05) is 40.3 Å². The van der Waals surface area contributed by atoms with Gasteiger partial charge in [0.05, 0.1) is 7.11 Å². The normalized spacial score (nSPS) is 18.2. The lowest BCUT2D eigenvalue weighted by molar-refractivity contribution is 0.222. The number of aryl methyl sites for hydroxylation is 1. The minimum Gasteiger partial charge on any atom is -0.495 e. The van der Waals surface area contributed by atoms with E-state index >= 15 is 0 Å². The zero-order valence-corrected chi connectivity index (χ0v) is 14.3. The van der Waals surface area contributed by atoms with Gasteiger partial charge in [-0.15, -0.1) is 0 Å². The van der Waals surface area contributed by atoms with Gasteiger partial charge in [-0.05, 0) is 31.7 Å². The lowest BCUT2D eigenvalue weighted by Crippen LogP contribution is -2.47. The molecule has 1 aromatic carbocycles. The van der Waals surface area contributed by atoms with Crippen molar-refractivity contribution in [3.05, 3.63) is 22.2 Å². The Morgan fingerprint density at radius 3 is 2.35 bits per heavy atom. The Labute approximate surface area is 128 Å². The molecule has 5 nitrogen and oxygen atoms in total. The van der Waals surface area contributed by atoms with Gasteiger partial charge in [-0.25, -0.2) is 8.42 Å². The number of hydrogen-bond acceptors (Lipinski definition) is 4. The van der Waals surface area contributed by atoms with Gasteiger partial charge in [0.2, 0.25) is 10.0 Å². The van der Waals surface area contributed by atoms with Gasteiger partial charge in [-0.3, -0.25) is 0 Å². The monoisotopic (exact) mass is 362 g/mol. The average Bonchev–Trinajstić information content (AvgIpc) is 2.41. The van der Waals surface area contributed by atoms with E-state index in [1.807, 2.05) is 14.0 Å². The third kappa shape index (κ3) is 3.00. The molecule has 0 saturated carbocycles. The average molecular weight is 363 g/mol. The summed E-state index contributed by atoms with van der Waals surface area (Å²) >= 11 is 3.39. The Kier molecular flexibility index (Phi) is 4.73. The highest BCUT2D eigenvalue weighted by molar-refractivity contribution is 9.10. The number of methoxy groups -OCH3 is 1. The van der Waals surface area contributed by atoms with Crippen molar-refractivity contribution in [1.82, 2.24) is 9.21 Å². The number of nitrogens with zero attached hydrogens (tertiary/aromatic N) is 2. The molecule has 1 heterocycles. The minimum atomic E-state index is -3.52. The van der Waals surface area contributed by atoms with Gasteiger partial charge in [0.1, 0.15) is 10.6 Å². The molecule has 0 radical (unpaired) electrons. The van der Waals surface area contributed by atoms with E-state index in [9.17, 15) is 8.42 Å². The molecule has 0 unspecified atom stereocenters. The topological polar surface area (TPSA) is 49.9 Å². The molecular weight excluding hydrogens is 344 g/mol. The number of likely N-dealkylation sites (N-methyl/N-ethyl adjacent to an activating group) is 1. The number of ether oxygens (including phenoxy) is 1. The van der Waals surface area contributed by atoms with Crippen molar-refractivity contribution < 1.29 is 13.2 Å². The maximum Gasteiger partial charge on any atom is 0.246 e. The number of benzene rings is 1. The van der Waals surface area contributed by atoms with Crippen LogP contribution in [0.2, 0.25) is 0 Å². The molecule has 0 atom stereocenters. The van der Waals surface area contributed by atoms with E-state index in [1.54, 1.807) is 12.1 Å². The van der Waals surface area contributed by atoms with E-state index in [4.69, 9.17) is 4.74 Å². The minimum absolute atomic E-state index is 0.224. The van der Waals surface area contributed by atoms with Gasteiger partial charge < -0.3 is 9.64 Å². The van der Waals surface area contributed by atoms with E-state index in [0.717, 1.165) is 23.1 Å². The third-order valence-electron chi connectivity index (χ3n) is 3.52. The van der Waals surface area contributed by atoms with Crippen molar-refractivity contribution in [1.29, 1.82) is 0 Å². The second-order valence-electron chi connectivity index (χ2n) is 4.96. The summed E-state index contributed by atoms with van der Waals surface area (Å²) in [4.78, 5) is 2.34. The molecule has 1 aliphatic heterocycles.